The molecule has 0 saturated carbocycles. The maximum absolute atomic E-state index is 14.4. The van der Waals surface area contributed by atoms with Crippen LogP contribution in [0.3, 0.4) is 0 Å². The molecule has 0 aliphatic carbocycles. The number of hydrogen-bond donors (Lipinski definition) is 3. The molecule has 11 heteroatoms. The van der Waals surface area contributed by atoms with Gasteiger partial charge in [-0.05, 0) is 74.5 Å². The van der Waals surface area contributed by atoms with Gasteiger partial charge in [0.05, 0.1) is 10.6 Å². The molecule has 0 atom stereocenters. The third-order valence-corrected chi connectivity index (χ3v) is 6.60. The predicted octanol–water partition coefficient (Wildman–Crippen LogP) is 3.75. The van der Waals surface area contributed by atoms with Crippen LogP contribution in [0.4, 0.5) is 15.8 Å². The van der Waals surface area contributed by atoms with E-state index >= 15 is 0 Å². The number of anilines is 2. The molecular weight excluding hydrogens is 477 g/mol. The third-order valence-electron chi connectivity index (χ3n) is 4.92. The number of carbonyl (C=O) groups is 2. The number of hydrogen-bond acceptors (Lipinski definition) is 6. The Kier molecular flexibility index (Phi) is 6.72. The van der Waals surface area contributed by atoms with Gasteiger partial charge < -0.3 is 20.1 Å². The maximum Gasteiger partial charge on any atom is 0.255 e. The average Bonchev–Trinajstić information content (AvgIpc) is 3.28. The molecular formula is C24H22FN3O6S. The largest absolute Gasteiger partial charge is 0.454 e. The lowest BCUT2D eigenvalue weighted by molar-refractivity contribution is 0.101. The van der Waals surface area contributed by atoms with E-state index in [9.17, 15) is 22.4 Å². The first-order valence-electron chi connectivity index (χ1n) is 10.6. The Morgan fingerprint density at radius 2 is 1.51 bits per heavy atom. The summed E-state index contributed by atoms with van der Waals surface area (Å²) in [5.41, 5.74) is 0.538. The predicted molar refractivity (Wildman–Crippen MR) is 127 cm³/mol. The van der Waals surface area contributed by atoms with E-state index in [-0.39, 0.29) is 34.7 Å². The molecule has 0 radical (unpaired) electrons. The second-order valence-electron chi connectivity index (χ2n) is 7.97. The Morgan fingerprint density at radius 1 is 0.857 bits per heavy atom. The summed E-state index contributed by atoms with van der Waals surface area (Å²) in [5.74, 6) is -0.832. The molecule has 0 bridgehead atoms. The molecule has 3 aromatic carbocycles. The Hall–Kier alpha value is -3.96. The lowest BCUT2D eigenvalue weighted by Crippen LogP contribution is -2.30. The Bertz CT molecular complexity index is 1390. The number of sulfonamides is 1. The van der Waals surface area contributed by atoms with Crippen molar-refractivity contribution in [2.24, 2.45) is 0 Å². The average molecular weight is 500 g/mol. The monoisotopic (exact) mass is 499 g/mol. The van der Waals surface area contributed by atoms with Gasteiger partial charge in [0.15, 0.2) is 11.5 Å². The van der Waals surface area contributed by atoms with Crippen LogP contribution in [-0.2, 0) is 10.0 Å². The fraction of sp³-hybridized carbons (Fsp3) is 0.167. The highest BCUT2D eigenvalue weighted by Gasteiger charge is 2.18. The van der Waals surface area contributed by atoms with Gasteiger partial charge in [-0.15, -0.1) is 0 Å². The van der Waals surface area contributed by atoms with E-state index in [1.54, 1.807) is 26.0 Å². The number of fused-ring (bicyclic) bond motifs is 1. The van der Waals surface area contributed by atoms with Crippen LogP contribution in [0.25, 0.3) is 0 Å². The fourth-order valence-electron chi connectivity index (χ4n) is 3.30. The van der Waals surface area contributed by atoms with Crippen LogP contribution in [0, 0.1) is 5.82 Å². The molecule has 3 N–H and O–H groups in total. The Balaban J connectivity index is 1.46. The van der Waals surface area contributed by atoms with Gasteiger partial charge in [0, 0.05) is 22.9 Å². The number of amides is 2. The highest BCUT2D eigenvalue weighted by molar-refractivity contribution is 7.89. The molecule has 182 valence electrons. The molecule has 0 fully saturated rings. The molecule has 2 amide bonds. The maximum atomic E-state index is 14.4. The van der Waals surface area contributed by atoms with Crippen molar-refractivity contribution in [2.45, 2.75) is 24.8 Å². The second kappa shape index (κ2) is 9.72. The van der Waals surface area contributed by atoms with Gasteiger partial charge in [-0.25, -0.2) is 17.5 Å². The van der Waals surface area contributed by atoms with E-state index in [0.717, 1.165) is 6.07 Å². The fourth-order valence-corrected chi connectivity index (χ4v) is 4.55. The van der Waals surface area contributed by atoms with E-state index in [4.69, 9.17) is 9.47 Å². The van der Waals surface area contributed by atoms with Crippen LogP contribution >= 0.6 is 0 Å². The molecule has 9 nitrogen and oxygen atoms in total. The minimum atomic E-state index is -3.71. The van der Waals surface area contributed by atoms with Gasteiger partial charge >= 0.3 is 0 Å². The van der Waals surface area contributed by atoms with Crippen LogP contribution in [0.15, 0.2) is 65.6 Å². The quantitative estimate of drug-likeness (QED) is 0.455. The number of carbonyl (C=O) groups excluding carboxylic acids is 2. The molecule has 1 aliphatic rings. The Labute approximate surface area is 201 Å². The SMILES string of the molecule is CC(C)NS(=O)(=O)c1ccc(C(=O)Nc2cc(NC(=O)c3ccc4c(c3)OCO4)ccc2F)cc1. The molecule has 4 rings (SSSR count). The smallest absolute Gasteiger partial charge is 0.255 e. The lowest BCUT2D eigenvalue weighted by atomic mass is 10.1. The summed E-state index contributed by atoms with van der Waals surface area (Å²) >= 11 is 0. The third kappa shape index (κ3) is 5.58. The molecule has 0 saturated heterocycles. The number of halogens is 1. The highest BCUT2D eigenvalue weighted by atomic mass is 32.2. The number of ether oxygens (including phenoxy) is 2. The zero-order valence-electron chi connectivity index (χ0n) is 18.8. The second-order valence-corrected chi connectivity index (χ2v) is 9.69. The van der Waals surface area contributed by atoms with E-state index in [1.807, 2.05) is 0 Å². The van der Waals surface area contributed by atoms with E-state index in [1.165, 1.54) is 42.5 Å². The summed E-state index contributed by atoms with van der Waals surface area (Å²) in [6, 6.07) is 13.4. The van der Waals surface area contributed by atoms with Gasteiger partial charge in [0.1, 0.15) is 5.82 Å². The first kappa shape index (κ1) is 24.2. The molecule has 0 spiro atoms. The van der Waals surface area contributed by atoms with Crippen molar-refractivity contribution < 1.29 is 31.9 Å². The van der Waals surface area contributed by atoms with Gasteiger partial charge in [0.25, 0.3) is 11.8 Å². The highest BCUT2D eigenvalue weighted by Crippen LogP contribution is 2.32. The molecule has 0 unspecified atom stereocenters. The summed E-state index contributed by atoms with van der Waals surface area (Å²) in [4.78, 5) is 25.2. The van der Waals surface area contributed by atoms with Crippen LogP contribution in [0.2, 0.25) is 0 Å². The lowest BCUT2D eigenvalue weighted by Gasteiger charge is -2.12. The summed E-state index contributed by atoms with van der Waals surface area (Å²) in [6.45, 7) is 3.47. The van der Waals surface area contributed by atoms with E-state index < -0.39 is 27.7 Å². The van der Waals surface area contributed by atoms with Crippen molar-refractivity contribution in [1.29, 1.82) is 0 Å². The van der Waals surface area contributed by atoms with Crippen LogP contribution in [-0.4, -0.2) is 33.1 Å². The zero-order valence-corrected chi connectivity index (χ0v) is 19.6. The van der Waals surface area contributed by atoms with Crippen LogP contribution in [0.5, 0.6) is 11.5 Å². The molecule has 3 aromatic rings. The molecule has 1 aliphatic heterocycles. The minimum Gasteiger partial charge on any atom is -0.454 e. The number of rotatable bonds is 7. The van der Waals surface area contributed by atoms with Crippen molar-refractivity contribution >= 4 is 33.2 Å². The first-order valence-corrected chi connectivity index (χ1v) is 12.0. The van der Waals surface area contributed by atoms with Crippen molar-refractivity contribution in [3.8, 4) is 11.5 Å². The first-order chi connectivity index (χ1) is 16.6. The Morgan fingerprint density at radius 3 is 2.23 bits per heavy atom. The van der Waals surface area contributed by atoms with Crippen LogP contribution in [0.1, 0.15) is 34.6 Å². The van der Waals surface area contributed by atoms with Gasteiger partial charge in [-0.2, -0.15) is 0 Å². The minimum absolute atomic E-state index is 0.00200. The molecule has 1 heterocycles. The summed E-state index contributed by atoms with van der Waals surface area (Å²) in [5, 5.41) is 5.08. The van der Waals surface area contributed by atoms with Crippen molar-refractivity contribution in [1.82, 2.24) is 4.72 Å². The topological polar surface area (TPSA) is 123 Å². The zero-order chi connectivity index (χ0) is 25.2. The van der Waals surface area contributed by atoms with E-state index in [0.29, 0.717) is 17.1 Å². The number of nitrogens with one attached hydrogen (secondary N) is 3. The van der Waals surface area contributed by atoms with Gasteiger partial charge in [-0.3, -0.25) is 9.59 Å². The standard InChI is InChI=1S/C24H22FN3O6S/c1-14(2)28-35(31,32)18-7-3-15(4-8-18)23(29)27-20-12-17(6-9-19(20)25)26-24(30)16-5-10-21-22(11-16)34-13-33-21/h3-12,14,28H,13H2,1-2H3,(H,26,30)(H,27,29). The summed E-state index contributed by atoms with van der Waals surface area (Å²) < 4.78 is 51.8. The number of benzene rings is 3. The van der Waals surface area contributed by atoms with Crippen molar-refractivity contribution in [3.05, 3.63) is 77.6 Å². The molecule has 0 aromatic heterocycles. The van der Waals surface area contributed by atoms with E-state index in [2.05, 4.69) is 15.4 Å². The van der Waals surface area contributed by atoms with Gasteiger partial charge in [-0.1, -0.05) is 0 Å². The summed E-state index contributed by atoms with van der Waals surface area (Å²) in [7, 11) is -3.71. The van der Waals surface area contributed by atoms with Crippen molar-refractivity contribution in [2.75, 3.05) is 17.4 Å². The summed E-state index contributed by atoms with van der Waals surface area (Å²) in [6.07, 6.45) is 0. The van der Waals surface area contributed by atoms with Crippen molar-refractivity contribution in [3.63, 3.8) is 0 Å². The van der Waals surface area contributed by atoms with Crippen LogP contribution < -0.4 is 24.8 Å². The molecule has 35 heavy (non-hydrogen) atoms. The van der Waals surface area contributed by atoms with Gasteiger partial charge in [0.2, 0.25) is 16.8 Å². The normalized spacial score (nSPS) is 12.5.